The lowest BCUT2D eigenvalue weighted by Crippen LogP contribution is -2.29. The van der Waals surface area contributed by atoms with Crippen LogP contribution in [0.15, 0.2) is 54.1 Å². The Bertz CT molecular complexity index is 1470. The van der Waals surface area contributed by atoms with Crippen LogP contribution in [-0.2, 0) is 16.0 Å². The molecule has 0 spiro atoms. The van der Waals surface area contributed by atoms with Crippen LogP contribution in [0, 0.1) is 0 Å². The van der Waals surface area contributed by atoms with Crippen molar-refractivity contribution in [2.45, 2.75) is 51.9 Å². The Morgan fingerprint density at radius 1 is 1.18 bits per heavy atom. The van der Waals surface area contributed by atoms with Crippen LogP contribution >= 0.6 is 11.6 Å². The quantitative estimate of drug-likeness (QED) is 0.164. The molecule has 0 radical (unpaired) electrons. The van der Waals surface area contributed by atoms with Crippen LogP contribution in [0.1, 0.15) is 62.1 Å². The number of halogens is 1. The standard InChI is InChI=1S/C32H37ClN4O3/c1-6-18(2)28-21(9-8-12-25(28)36-31(39)24(15-16-34)30(38)35-4)22-10-7-11-23(29(22)33)26-17-20-14-13-19(3)27(20)32(37-26)40-5/h7-12,15,17-19H,6,13-14,16,34H2,1-5H3,(H,35,38)(H,36,39)/b24-15+. The number of nitrogens with zero attached hydrogens (tertiary/aromatic N) is 1. The van der Waals surface area contributed by atoms with E-state index in [4.69, 9.17) is 27.1 Å². The van der Waals surface area contributed by atoms with Gasteiger partial charge in [0.15, 0.2) is 0 Å². The summed E-state index contributed by atoms with van der Waals surface area (Å²) in [5.41, 5.74) is 12.9. The average molecular weight is 561 g/mol. The number of carbonyl (C=O) groups excluding carboxylic acids is 2. The van der Waals surface area contributed by atoms with Crippen molar-refractivity contribution < 1.29 is 14.3 Å². The van der Waals surface area contributed by atoms with E-state index in [2.05, 4.69) is 37.5 Å². The number of benzene rings is 2. The SMILES string of the molecule is CCC(C)c1c(NC(=O)/C(=C/CN)C(=O)NC)cccc1-c1cccc(-c2cc3c(c(OC)n2)C(C)CC3)c1Cl. The number of hydrogen-bond acceptors (Lipinski definition) is 5. The number of fused-ring (bicyclic) bond motifs is 1. The first-order valence-corrected chi connectivity index (χ1v) is 14.1. The molecule has 2 unspecified atom stereocenters. The average Bonchev–Trinajstić information content (AvgIpc) is 3.35. The van der Waals surface area contributed by atoms with Gasteiger partial charge in [-0.3, -0.25) is 9.59 Å². The smallest absolute Gasteiger partial charge is 0.260 e. The molecule has 2 amide bonds. The highest BCUT2D eigenvalue weighted by atomic mass is 35.5. The van der Waals surface area contributed by atoms with Gasteiger partial charge in [-0.2, -0.15) is 0 Å². The van der Waals surface area contributed by atoms with E-state index < -0.39 is 11.8 Å². The van der Waals surface area contributed by atoms with Gasteiger partial charge in [-0.25, -0.2) is 4.98 Å². The first-order valence-electron chi connectivity index (χ1n) is 13.7. The molecule has 1 heterocycles. The van der Waals surface area contributed by atoms with E-state index in [0.717, 1.165) is 47.2 Å². The maximum atomic E-state index is 13.2. The number of amides is 2. The van der Waals surface area contributed by atoms with Crippen molar-refractivity contribution in [1.29, 1.82) is 0 Å². The van der Waals surface area contributed by atoms with Gasteiger partial charge in [0.1, 0.15) is 5.57 Å². The molecular weight excluding hydrogens is 524 g/mol. The van der Waals surface area contributed by atoms with Crippen molar-refractivity contribution in [1.82, 2.24) is 10.3 Å². The van der Waals surface area contributed by atoms with Crippen LogP contribution in [0.4, 0.5) is 5.69 Å². The number of carbonyl (C=O) groups is 2. The number of nitrogens with two attached hydrogens (primary N) is 1. The molecule has 0 saturated heterocycles. The number of rotatable bonds is 9. The lowest BCUT2D eigenvalue weighted by Gasteiger charge is -2.22. The summed E-state index contributed by atoms with van der Waals surface area (Å²) < 4.78 is 5.69. The van der Waals surface area contributed by atoms with Crippen molar-refractivity contribution in [3.63, 3.8) is 0 Å². The highest BCUT2D eigenvalue weighted by molar-refractivity contribution is 6.36. The number of nitrogens with one attached hydrogen (secondary N) is 2. The Labute approximate surface area is 241 Å². The first-order chi connectivity index (χ1) is 19.2. The molecule has 40 heavy (non-hydrogen) atoms. The fourth-order valence-corrected chi connectivity index (χ4v) is 5.76. The summed E-state index contributed by atoms with van der Waals surface area (Å²) in [6, 6.07) is 13.8. The lowest BCUT2D eigenvalue weighted by atomic mass is 9.87. The summed E-state index contributed by atoms with van der Waals surface area (Å²) >= 11 is 7.14. The fraction of sp³-hybridized carbons (Fsp3) is 0.344. The van der Waals surface area contributed by atoms with E-state index in [0.29, 0.717) is 22.5 Å². The van der Waals surface area contributed by atoms with Crippen LogP contribution in [-0.4, -0.2) is 37.5 Å². The Hall–Kier alpha value is -3.68. The molecule has 0 aliphatic heterocycles. The van der Waals surface area contributed by atoms with Crippen LogP contribution in [0.25, 0.3) is 22.4 Å². The third-order valence-corrected chi connectivity index (χ3v) is 8.11. The molecule has 1 aliphatic carbocycles. The molecule has 0 bridgehead atoms. The van der Waals surface area contributed by atoms with Crippen molar-refractivity contribution in [3.05, 3.63) is 75.8 Å². The zero-order valence-electron chi connectivity index (χ0n) is 23.7. The predicted molar refractivity (Wildman–Crippen MR) is 162 cm³/mol. The highest BCUT2D eigenvalue weighted by Gasteiger charge is 2.27. The van der Waals surface area contributed by atoms with Crippen LogP contribution < -0.4 is 21.1 Å². The minimum absolute atomic E-state index is 0.0310. The van der Waals surface area contributed by atoms with Crippen molar-refractivity contribution in [2.75, 3.05) is 26.0 Å². The molecule has 2 atom stereocenters. The minimum Gasteiger partial charge on any atom is -0.481 e. The van der Waals surface area contributed by atoms with E-state index in [1.165, 1.54) is 24.3 Å². The van der Waals surface area contributed by atoms with Crippen molar-refractivity contribution in [2.24, 2.45) is 5.73 Å². The molecule has 7 nitrogen and oxygen atoms in total. The number of ether oxygens (including phenoxy) is 1. The van der Waals surface area contributed by atoms with Gasteiger partial charge in [-0.1, -0.05) is 68.8 Å². The van der Waals surface area contributed by atoms with Crippen LogP contribution in [0.5, 0.6) is 5.88 Å². The molecule has 3 aromatic rings. The van der Waals surface area contributed by atoms with Crippen LogP contribution in [0.2, 0.25) is 5.02 Å². The first kappa shape index (κ1) is 29.3. The molecule has 8 heteroatoms. The van der Waals surface area contributed by atoms with Gasteiger partial charge in [-0.15, -0.1) is 0 Å². The monoisotopic (exact) mass is 560 g/mol. The van der Waals surface area contributed by atoms with Gasteiger partial charge in [0.05, 0.1) is 17.8 Å². The second-order valence-corrected chi connectivity index (χ2v) is 10.5. The van der Waals surface area contributed by atoms with Gasteiger partial charge in [0, 0.05) is 36.0 Å². The Balaban J connectivity index is 1.83. The van der Waals surface area contributed by atoms with Crippen molar-refractivity contribution in [3.8, 4) is 28.3 Å². The number of aryl methyl sites for hydroxylation is 1. The fourth-order valence-electron chi connectivity index (χ4n) is 5.44. The molecule has 4 rings (SSSR count). The van der Waals surface area contributed by atoms with Crippen molar-refractivity contribution >= 4 is 29.1 Å². The van der Waals surface area contributed by atoms with E-state index in [1.807, 2.05) is 36.4 Å². The zero-order valence-corrected chi connectivity index (χ0v) is 24.5. The zero-order chi connectivity index (χ0) is 29.0. The molecule has 1 aromatic heterocycles. The minimum atomic E-state index is -0.519. The molecule has 0 fully saturated rings. The van der Waals surface area contributed by atoms with Gasteiger partial charge in [-0.05, 0) is 59.9 Å². The van der Waals surface area contributed by atoms with Crippen LogP contribution in [0.3, 0.4) is 0 Å². The summed E-state index contributed by atoms with van der Waals surface area (Å²) in [4.78, 5) is 30.3. The van der Waals surface area contributed by atoms with E-state index in [9.17, 15) is 9.59 Å². The Morgan fingerprint density at radius 3 is 2.55 bits per heavy atom. The number of hydrogen-bond donors (Lipinski definition) is 3. The lowest BCUT2D eigenvalue weighted by molar-refractivity contribution is -0.121. The van der Waals surface area contributed by atoms with E-state index >= 15 is 0 Å². The topological polar surface area (TPSA) is 106 Å². The third-order valence-electron chi connectivity index (χ3n) is 7.70. The second-order valence-electron chi connectivity index (χ2n) is 10.2. The molecule has 1 aliphatic rings. The number of likely N-dealkylation sites (N-methyl/N-ethyl adjacent to an activating group) is 1. The summed E-state index contributed by atoms with van der Waals surface area (Å²) in [7, 11) is 3.14. The number of aromatic nitrogens is 1. The van der Waals surface area contributed by atoms with Gasteiger partial charge in [0.25, 0.3) is 11.8 Å². The molecule has 2 aromatic carbocycles. The van der Waals surface area contributed by atoms with Gasteiger partial charge < -0.3 is 21.1 Å². The summed E-state index contributed by atoms with van der Waals surface area (Å²) in [5, 5.41) is 6.03. The van der Waals surface area contributed by atoms with E-state index in [1.54, 1.807) is 7.11 Å². The predicted octanol–water partition coefficient (Wildman–Crippen LogP) is 6.21. The molecule has 210 valence electrons. The Kier molecular flexibility index (Phi) is 9.28. The summed E-state index contributed by atoms with van der Waals surface area (Å²) in [6.45, 7) is 6.47. The molecule has 4 N–H and O–H groups in total. The second kappa shape index (κ2) is 12.7. The number of methoxy groups -OCH3 is 1. The number of anilines is 1. The highest BCUT2D eigenvalue weighted by Crippen LogP contribution is 2.44. The summed E-state index contributed by atoms with van der Waals surface area (Å²) in [5.74, 6) is 0.142. The van der Waals surface area contributed by atoms with Gasteiger partial charge >= 0.3 is 0 Å². The largest absolute Gasteiger partial charge is 0.481 e. The van der Waals surface area contributed by atoms with E-state index in [-0.39, 0.29) is 18.0 Å². The normalized spacial score (nSPS) is 15.4. The maximum Gasteiger partial charge on any atom is 0.260 e. The maximum absolute atomic E-state index is 13.2. The number of pyridine rings is 1. The third kappa shape index (κ3) is 5.62. The molecule has 0 saturated carbocycles. The van der Waals surface area contributed by atoms with Gasteiger partial charge in [0.2, 0.25) is 5.88 Å². The summed E-state index contributed by atoms with van der Waals surface area (Å²) in [6.07, 6.45) is 4.31. The molecular formula is C32H37ClN4O3. The Morgan fingerprint density at radius 2 is 1.88 bits per heavy atom.